The zero-order valence-corrected chi connectivity index (χ0v) is 9.21. The summed E-state index contributed by atoms with van der Waals surface area (Å²) in [6.45, 7) is 1.53. The largest absolute Gasteiger partial charge is 0.478 e. The van der Waals surface area contributed by atoms with Crippen molar-refractivity contribution in [3.05, 3.63) is 29.8 Å². The minimum absolute atomic E-state index is 0.121. The van der Waals surface area contributed by atoms with Gasteiger partial charge in [-0.25, -0.2) is 4.79 Å². The van der Waals surface area contributed by atoms with Crippen LogP contribution in [0.15, 0.2) is 29.2 Å². The lowest BCUT2D eigenvalue weighted by Gasteiger charge is -2.03. The van der Waals surface area contributed by atoms with Gasteiger partial charge in [0.15, 0.2) is 0 Å². The number of carbonyl (C=O) groups is 2. The van der Waals surface area contributed by atoms with E-state index in [1.165, 1.54) is 18.7 Å². The number of carbonyl (C=O) groups excluding carboxylic acids is 1. The third kappa shape index (κ3) is 3.75. The Morgan fingerprint density at radius 1 is 1.33 bits per heavy atom. The molecule has 3 nitrogen and oxygen atoms in total. The molecule has 1 aromatic carbocycles. The molecule has 0 spiro atoms. The number of ketones is 1. The molecular formula is C11H12O3S. The molecule has 1 N–H and O–H groups in total. The van der Waals surface area contributed by atoms with Crippen molar-refractivity contribution >= 4 is 23.5 Å². The van der Waals surface area contributed by atoms with Crippen molar-refractivity contribution in [1.82, 2.24) is 0 Å². The average Bonchev–Trinajstić information content (AvgIpc) is 2.17. The number of hydrogen-bond acceptors (Lipinski definition) is 3. The fourth-order valence-corrected chi connectivity index (χ4v) is 2.17. The van der Waals surface area contributed by atoms with Crippen molar-refractivity contribution in [2.75, 3.05) is 5.75 Å². The van der Waals surface area contributed by atoms with E-state index in [1.807, 2.05) is 0 Å². The molecule has 4 heteroatoms. The van der Waals surface area contributed by atoms with E-state index in [0.717, 1.165) is 0 Å². The average molecular weight is 224 g/mol. The van der Waals surface area contributed by atoms with Crippen LogP contribution in [0.5, 0.6) is 0 Å². The number of rotatable bonds is 5. The van der Waals surface area contributed by atoms with E-state index in [2.05, 4.69) is 0 Å². The molecule has 0 unspecified atom stereocenters. The quantitative estimate of drug-likeness (QED) is 0.780. The number of Topliss-reactive ketones (excluding diaryl/α,β-unsaturated/α-hetero) is 1. The highest BCUT2D eigenvalue weighted by Gasteiger charge is 2.08. The zero-order chi connectivity index (χ0) is 11.3. The van der Waals surface area contributed by atoms with Gasteiger partial charge >= 0.3 is 5.97 Å². The van der Waals surface area contributed by atoms with E-state index in [0.29, 0.717) is 22.6 Å². The first kappa shape index (κ1) is 11.8. The molecule has 15 heavy (non-hydrogen) atoms. The Morgan fingerprint density at radius 3 is 2.60 bits per heavy atom. The predicted molar refractivity (Wildman–Crippen MR) is 59.4 cm³/mol. The van der Waals surface area contributed by atoms with Crippen LogP contribution in [0.2, 0.25) is 0 Å². The van der Waals surface area contributed by atoms with Gasteiger partial charge in [0.25, 0.3) is 0 Å². The standard InChI is InChI=1S/C11H12O3S/c1-8(12)6-7-15-10-5-3-2-4-9(10)11(13)14/h2-5H,6-7H2,1H3,(H,13,14). The second-order valence-electron chi connectivity index (χ2n) is 3.10. The molecule has 0 radical (unpaired) electrons. The van der Waals surface area contributed by atoms with Crippen LogP contribution in [0.25, 0.3) is 0 Å². The highest BCUT2D eigenvalue weighted by Crippen LogP contribution is 2.23. The third-order valence-corrected chi connectivity index (χ3v) is 2.90. The number of benzene rings is 1. The van der Waals surface area contributed by atoms with Crippen LogP contribution in [0, 0.1) is 0 Å². The number of thioether (sulfide) groups is 1. The van der Waals surface area contributed by atoms with Gasteiger partial charge in [0, 0.05) is 17.1 Å². The normalized spacial score (nSPS) is 9.93. The van der Waals surface area contributed by atoms with Crippen LogP contribution in [-0.2, 0) is 4.79 Å². The van der Waals surface area contributed by atoms with Gasteiger partial charge in [-0.1, -0.05) is 12.1 Å². The summed E-state index contributed by atoms with van der Waals surface area (Å²) in [6.07, 6.45) is 0.471. The van der Waals surface area contributed by atoms with Gasteiger partial charge in [0.2, 0.25) is 0 Å². The molecule has 0 saturated carbocycles. The molecular weight excluding hydrogens is 212 g/mol. The first-order valence-electron chi connectivity index (χ1n) is 4.56. The van der Waals surface area contributed by atoms with E-state index in [-0.39, 0.29) is 5.78 Å². The lowest BCUT2D eigenvalue weighted by Crippen LogP contribution is -1.99. The van der Waals surface area contributed by atoms with Gasteiger partial charge in [0.1, 0.15) is 5.78 Å². The monoisotopic (exact) mass is 224 g/mol. The van der Waals surface area contributed by atoms with Gasteiger partial charge in [-0.15, -0.1) is 11.8 Å². The van der Waals surface area contributed by atoms with Crippen LogP contribution in [0.4, 0.5) is 0 Å². The Hall–Kier alpha value is -1.29. The Kier molecular flexibility index (Phi) is 4.37. The van der Waals surface area contributed by atoms with Crippen molar-refractivity contribution in [2.24, 2.45) is 0 Å². The Balaban J connectivity index is 2.67. The van der Waals surface area contributed by atoms with Gasteiger partial charge in [-0.3, -0.25) is 4.79 Å². The molecule has 0 bridgehead atoms. The molecule has 0 amide bonds. The smallest absolute Gasteiger partial charge is 0.336 e. The number of carboxylic acids is 1. The van der Waals surface area contributed by atoms with E-state index < -0.39 is 5.97 Å². The SMILES string of the molecule is CC(=O)CCSc1ccccc1C(=O)O. The minimum Gasteiger partial charge on any atom is -0.478 e. The van der Waals surface area contributed by atoms with Crippen LogP contribution < -0.4 is 0 Å². The Bertz CT molecular complexity index is 374. The maximum Gasteiger partial charge on any atom is 0.336 e. The summed E-state index contributed by atoms with van der Waals surface area (Å²) in [7, 11) is 0. The van der Waals surface area contributed by atoms with Gasteiger partial charge < -0.3 is 5.11 Å². The molecule has 0 aliphatic heterocycles. The van der Waals surface area contributed by atoms with Gasteiger partial charge in [0.05, 0.1) is 5.56 Å². The van der Waals surface area contributed by atoms with Crippen LogP contribution in [-0.4, -0.2) is 22.6 Å². The lowest BCUT2D eigenvalue weighted by molar-refractivity contribution is -0.116. The van der Waals surface area contributed by atoms with Crippen molar-refractivity contribution in [3.8, 4) is 0 Å². The summed E-state index contributed by atoms with van der Waals surface area (Å²) < 4.78 is 0. The molecule has 0 saturated heterocycles. The van der Waals surface area contributed by atoms with Crippen LogP contribution in [0.1, 0.15) is 23.7 Å². The second-order valence-corrected chi connectivity index (χ2v) is 4.24. The van der Waals surface area contributed by atoms with Crippen molar-refractivity contribution < 1.29 is 14.7 Å². The summed E-state index contributed by atoms with van der Waals surface area (Å²) in [5, 5.41) is 8.89. The van der Waals surface area contributed by atoms with Crippen molar-refractivity contribution in [3.63, 3.8) is 0 Å². The summed E-state index contributed by atoms with van der Waals surface area (Å²) in [5.74, 6) is -0.184. The minimum atomic E-state index is -0.930. The van der Waals surface area contributed by atoms with Crippen molar-refractivity contribution in [2.45, 2.75) is 18.2 Å². The van der Waals surface area contributed by atoms with Crippen LogP contribution >= 0.6 is 11.8 Å². The number of carboxylic acid groups (broad SMARTS) is 1. The van der Waals surface area contributed by atoms with Gasteiger partial charge in [-0.05, 0) is 19.1 Å². The molecule has 1 aromatic rings. The lowest BCUT2D eigenvalue weighted by atomic mass is 10.2. The summed E-state index contributed by atoms with van der Waals surface area (Å²) in [4.78, 5) is 22.3. The van der Waals surface area contributed by atoms with E-state index in [1.54, 1.807) is 24.3 Å². The van der Waals surface area contributed by atoms with E-state index in [4.69, 9.17) is 5.11 Å². The van der Waals surface area contributed by atoms with E-state index >= 15 is 0 Å². The van der Waals surface area contributed by atoms with Crippen LogP contribution in [0.3, 0.4) is 0 Å². The Morgan fingerprint density at radius 2 is 2.00 bits per heavy atom. The summed E-state index contributed by atoms with van der Waals surface area (Å²) in [6, 6.07) is 6.81. The first-order valence-corrected chi connectivity index (χ1v) is 5.54. The third-order valence-electron chi connectivity index (χ3n) is 1.83. The van der Waals surface area contributed by atoms with Crippen molar-refractivity contribution in [1.29, 1.82) is 0 Å². The van der Waals surface area contributed by atoms with E-state index in [9.17, 15) is 9.59 Å². The highest BCUT2D eigenvalue weighted by atomic mass is 32.2. The second kappa shape index (κ2) is 5.56. The molecule has 0 atom stereocenters. The first-order chi connectivity index (χ1) is 7.11. The topological polar surface area (TPSA) is 54.4 Å². The Labute approximate surface area is 92.5 Å². The number of aromatic carboxylic acids is 1. The fourth-order valence-electron chi connectivity index (χ4n) is 1.07. The molecule has 0 aliphatic rings. The number of hydrogen-bond donors (Lipinski definition) is 1. The highest BCUT2D eigenvalue weighted by molar-refractivity contribution is 7.99. The fraction of sp³-hybridized carbons (Fsp3) is 0.273. The van der Waals surface area contributed by atoms with Gasteiger partial charge in [-0.2, -0.15) is 0 Å². The molecule has 0 aliphatic carbocycles. The molecule has 0 heterocycles. The summed E-state index contributed by atoms with van der Waals surface area (Å²) >= 11 is 1.40. The maximum absolute atomic E-state index is 10.8. The molecule has 0 fully saturated rings. The molecule has 1 rings (SSSR count). The summed E-state index contributed by atoms with van der Waals surface area (Å²) in [5.41, 5.74) is 0.297. The zero-order valence-electron chi connectivity index (χ0n) is 8.40. The maximum atomic E-state index is 10.8. The molecule has 0 aromatic heterocycles. The predicted octanol–water partition coefficient (Wildman–Crippen LogP) is 2.46. The molecule has 80 valence electrons.